The Balaban J connectivity index is 2.19. The lowest BCUT2D eigenvalue weighted by molar-refractivity contribution is 0.263. The topological polar surface area (TPSA) is 35.2 Å². The van der Waals surface area contributed by atoms with Gasteiger partial charge in [0.2, 0.25) is 0 Å². The lowest BCUT2D eigenvalue weighted by Crippen LogP contribution is -2.27. The van der Waals surface area contributed by atoms with Gasteiger partial charge in [-0.1, -0.05) is 12.5 Å². The predicted molar refractivity (Wildman–Crippen MR) is 62.0 cm³/mol. The molecule has 2 rings (SSSR count). The molecule has 0 aromatic heterocycles. The van der Waals surface area contributed by atoms with Gasteiger partial charge in [-0.05, 0) is 48.9 Å². The molecule has 0 heterocycles. The molecule has 82 valence electrons. The molecule has 1 aromatic rings. The van der Waals surface area contributed by atoms with Crippen LogP contribution in [0.4, 0.5) is 0 Å². The van der Waals surface area contributed by atoms with Crippen molar-refractivity contribution < 1.29 is 4.74 Å². The third-order valence-corrected chi connectivity index (χ3v) is 3.49. The van der Waals surface area contributed by atoms with E-state index in [-0.39, 0.29) is 6.04 Å². The van der Waals surface area contributed by atoms with E-state index in [2.05, 4.69) is 19.1 Å². The highest BCUT2D eigenvalue weighted by Crippen LogP contribution is 2.37. The fraction of sp³-hybridized carbons (Fsp3) is 0.538. The first-order valence-corrected chi connectivity index (χ1v) is 5.62. The minimum atomic E-state index is 0.213. The zero-order valence-corrected chi connectivity index (χ0v) is 9.49. The molecule has 0 radical (unpaired) electrons. The van der Waals surface area contributed by atoms with Gasteiger partial charge < -0.3 is 10.5 Å². The van der Waals surface area contributed by atoms with E-state index in [0.717, 1.165) is 5.75 Å². The van der Waals surface area contributed by atoms with Crippen molar-refractivity contribution in [3.8, 4) is 5.75 Å². The number of methoxy groups -OCH3 is 1. The van der Waals surface area contributed by atoms with Gasteiger partial charge in [-0.25, -0.2) is 0 Å². The summed E-state index contributed by atoms with van der Waals surface area (Å²) in [5.74, 6) is 1.61. The highest BCUT2D eigenvalue weighted by atomic mass is 16.5. The summed E-state index contributed by atoms with van der Waals surface area (Å²) >= 11 is 0. The average molecular weight is 205 g/mol. The van der Waals surface area contributed by atoms with Crippen LogP contribution in [0.2, 0.25) is 0 Å². The molecule has 0 bridgehead atoms. The molecule has 1 saturated carbocycles. The van der Waals surface area contributed by atoms with E-state index in [1.165, 1.54) is 30.4 Å². The smallest absolute Gasteiger partial charge is 0.119 e. The molecule has 1 aliphatic rings. The second-order valence-corrected chi connectivity index (χ2v) is 4.44. The zero-order chi connectivity index (χ0) is 10.8. The number of hydrogen-bond donors (Lipinski definition) is 1. The molecule has 2 nitrogen and oxygen atoms in total. The third-order valence-electron chi connectivity index (χ3n) is 3.49. The number of nitrogens with two attached hydrogens (primary N) is 1. The maximum Gasteiger partial charge on any atom is 0.119 e. The van der Waals surface area contributed by atoms with Crippen LogP contribution >= 0.6 is 0 Å². The maximum absolute atomic E-state index is 6.25. The minimum absolute atomic E-state index is 0.213. The van der Waals surface area contributed by atoms with Crippen molar-refractivity contribution in [1.29, 1.82) is 0 Å². The van der Waals surface area contributed by atoms with Crippen LogP contribution in [0.5, 0.6) is 5.75 Å². The van der Waals surface area contributed by atoms with E-state index in [4.69, 9.17) is 10.5 Å². The van der Waals surface area contributed by atoms with Crippen LogP contribution in [-0.4, -0.2) is 7.11 Å². The van der Waals surface area contributed by atoms with Crippen molar-refractivity contribution in [2.24, 2.45) is 11.7 Å². The van der Waals surface area contributed by atoms with Crippen LogP contribution < -0.4 is 10.5 Å². The van der Waals surface area contributed by atoms with E-state index in [9.17, 15) is 0 Å². The number of rotatable bonds is 3. The Bertz CT molecular complexity index is 344. The number of aryl methyl sites for hydroxylation is 1. The predicted octanol–water partition coefficient (Wildman–Crippen LogP) is 2.80. The molecule has 0 amide bonds. The molecule has 0 aliphatic heterocycles. The Morgan fingerprint density at radius 3 is 2.60 bits per heavy atom. The molecule has 0 saturated heterocycles. The van der Waals surface area contributed by atoms with Crippen molar-refractivity contribution in [2.45, 2.75) is 32.2 Å². The molecule has 0 spiro atoms. The average Bonchev–Trinajstić information content (AvgIpc) is 2.14. The van der Waals surface area contributed by atoms with Gasteiger partial charge in [0, 0.05) is 6.04 Å². The standard InChI is InChI=1S/C13H19NO/c1-9-8-11(15-2)6-7-12(9)13(14)10-4-3-5-10/h6-8,10,13H,3-5,14H2,1-2H3. The lowest BCUT2D eigenvalue weighted by Gasteiger charge is -2.32. The molecule has 1 fully saturated rings. The summed E-state index contributed by atoms with van der Waals surface area (Å²) in [6, 6.07) is 6.39. The summed E-state index contributed by atoms with van der Waals surface area (Å²) < 4.78 is 5.19. The second-order valence-electron chi connectivity index (χ2n) is 4.44. The van der Waals surface area contributed by atoms with Gasteiger partial charge in [0.1, 0.15) is 5.75 Å². The fourth-order valence-corrected chi connectivity index (χ4v) is 2.20. The summed E-state index contributed by atoms with van der Waals surface area (Å²) in [4.78, 5) is 0. The quantitative estimate of drug-likeness (QED) is 0.823. The minimum Gasteiger partial charge on any atom is -0.497 e. The van der Waals surface area contributed by atoms with Gasteiger partial charge in [0.15, 0.2) is 0 Å². The van der Waals surface area contributed by atoms with Crippen LogP contribution in [0.3, 0.4) is 0 Å². The van der Waals surface area contributed by atoms with Crippen molar-refractivity contribution in [3.63, 3.8) is 0 Å². The number of benzene rings is 1. The Labute approximate surface area is 91.4 Å². The van der Waals surface area contributed by atoms with E-state index < -0.39 is 0 Å². The van der Waals surface area contributed by atoms with E-state index in [0.29, 0.717) is 5.92 Å². The van der Waals surface area contributed by atoms with Gasteiger partial charge in [-0.3, -0.25) is 0 Å². The molecule has 2 N–H and O–H groups in total. The molecule has 1 atom stereocenters. The number of hydrogen-bond acceptors (Lipinski definition) is 2. The van der Waals surface area contributed by atoms with Crippen LogP contribution in [0.25, 0.3) is 0 Å². The van der Waals surface area contributed by atoms with E-state index >= 15 is 0 Å². The summed E-state index contributed by atoms with van der Waals surface area (Å²) in [6.45, 7) is 2.11. The van der Waals surface area contributed by atoms with Crippen LogP contribution in [0, 0.1) is 12.8 Å². The molecule has 2 heteroatoms. The Morgan fingerprint density at radius 2 is 2.13 bits per heavy atom. The molecular weight excluding hydrogens is 186 g/mol. The van der Waals surface area contributed by atoms with Crippen molar-refractivity contribution >= 4 is 0 Å². The van der Waals surface area contributed by atoms with Gasteiger partial charge in [0.05, 0.1) is 7.11 Å². The largest absolute Gasteiger partial charge is 0.497 e. The zero-order valence-electron chi connectivity index (χ0n) is 9.49. The van der Waals surface area contributed by atoms with Crippen LogP contribution in [-0.2, 0) is 0 Å². The second kappa shape index (κ2) is 4.23. The summed E-state index contributed by atoms with van der Waals surface area (Å²) in [5, 5.41) is 0. The summed E-state index contributed by atoms with van der Waals surface area (Å²) in [7, 11) is 1.69. The highest BCUT2D eigenvalue weighted by Gasteiger charge is 2.26. The van der Waals surface area contributed by atoms with Crippen LogP contribution in [0.15, 0.2) is 18.2 Å². The van der Waals surface area contributed by atoms with Crippen LogP contribution in [0.1, 0.15) is 36.4 Å². The first kappa shape index (κ1) is 10.5. The lowest BCUT2D eigenvalue weighted by atomic mass is 9.77. The molecule has 1 unspecified atom stereocenters. The Morgan fingerprint density at radius 1 is 1.40 bits per heavy atom. The number of ether oxygens (including phenoxy) is 1. The molecule has 1 aromatic carbocycles. The first-order chi connectivity index (χ1) is 7.22. The first-order valence-electron chi connectivity index (χ1n) is 5.62. The van der Waals surface area contributed by atoms with Crippen molar-refractivity contribution in [1.82, 2.24) is 0 Å². The van der Waals surface area contributed by atoms with Crippen molar-refractivity contribution in [3.05, 3.63) is 29.3 Å². The van der Waals surface area contributed by atoms with E-state index in [1.807, 2.05) is 6.07 Å². The monoisotopic (exact) mass is 205 g/mol. The summed E-state index contributed by atoms with van der Waals surface area (Å²) in [6.07, 6.45) is 3.91. The Hall–Kier alpha value is -1.02. The Kier molecular flexibility index (Phi) is 2.96. The highest BCUT2D eigenvalue weighted by molar-refractivity contribution is 5.36. The third kappa shape index (κ3) is 2.00. The van der Waals surface area contributed by atoms with Gasteiger partial charge in [-0.15, -0.1) is 0 Å². The van der Waals surface area contributed by atoms with Crippen molar-refractivity contribution in [2.75, 3.05) is 7.11 Å². The molecular formula is C13H19NO. The maximum atomic E-state index is 6.25. The molecule has 15 heavy (non-hydrogen) atoms. The fourth-order valence-electron chi connectivity index (χ4n) is 2.20. The summed E-state index contributed by atoms with van der Waals surface area (Å²) in [5.41, 5.74) is 8.77. The normalized spacial score (nSPS) is 18.3. The molecule has 1 aliphatic carbocycles. The SMILES string of the molecule is COc1ccc(C(N)C2CCC2)c(C)c1. The van der Waals surface area contributed by atoms with Gasteiger partial charge in [-0.2, -0.15) is 0 Å². The van der Waals surface area contributed by atoms with Gasteiger partial charge in [0.25, 0.3) is 0 Å². The van der Waals surface area contributed by atoms with E-state index in [1.54, 1.807) is 7.11 Å². The van der Waals surface area contributed by atoms with Gasteiger partial charge >= 0.3 is 0 Å².